The third-order valence-electron chi connectivity index (χ3n) is 1.45. The summed E-state index contributed by atoms with van der Waals surface area (Å²) >= 11 is 1.61. The van der Waals surface area contributed by atoms with E-state index in [0.717, 1.165) is 10.6 Å². The molecule has 11 heavy (non-hydrogen) atoms. The molecule has 0 saturated carbocycles. The van der Waals surface area contributed by atoms with Gasteiger partial charge in [0.2, 0.25) is 0 Å². The van der Waals surface area contributed by atoms with Crippen LogP contribution in [0.5, 0.6) is 5.75 Å². The molecule has 0 spiro atoms. The van der Waals surface area contributed by atoms with Gasteiger partial charge >= 0.3 is 0 Å². The predicted octanol–water partition coefficient (Wildman–Crippen LogP) is 2.16. The fourth-order valence-electron chi connectivity index (χ4n) is 0.886. The molecule has 0 fully saturated rings. The van der Waals surface area contributed by atoms with Crippen molar-refractivity contribution in [2.45, 2.75) is 4.90 Å². The van der Waals surface area contributed by atoms with Gasteiger partial charge in [0.15, 0.2) is 0 Å². The first-order chi connectivity index (χ1) is 5.27. The molecule has 1 rings (SSSR count). The number of nitrogens with one attached hydrogen (secondary N) is 1. The van der Waals surface area contributed by atoms with Crippen LogP contribution in [0.25, 0.3) is 0 Å². The first-order valence-electron chi connectivity index (χ1n) is 3.32. The lowest BCUT2D eigenvalue weighted by atomic mass is 10.3. The van der Waals surface area contributed by atoms with Crippen LogP contribution in [0, 0.1) is 0 Å². The van der Waals surface area contributed by atoms with Gasteiger partial charge in [-0.15, -0.1) is 11.8 Å². The van der Waals surface area contributed by atoms with Crippen molar-refractivity contribution in [2.75, 3.05) is 18.6 Å². The second-order valence-corrected chi connectivity index (χ2v) is 2.98. The second-order valence-electron chi connectivity index (χ2n) is 2.13. The van der Waals surface area contributed by atoms with Crippen LogP contribution in [-0.2, 0) is 0 Å². The van der Waals surface area contributed by atoms with Gasteiger partial charge in [0, 0.05) is 17.6 Å². The maximum atomic E-state index is 9.12. The number of hydrogen-bond acceptors (Lipinski definition) is 3. The van der Waals surface area contributed by atoms with Crippen molar-refractivity contribution in [2.24, 2.45) is 0 Å². The number of aromatic hydroxyl groups is 1. The van der Waals surface area contributed by atoms with Gasteiger partial charge in [-0.25, -0.2) is 0 Å². The van der Waals surface area contributed by atoms with E-state index in [1.807, 2.05) is 19.4 Å². The zero-order valence-electron chi connectivity index (χ0n) is 6.59. The maximum absolute atomic E-state index is 9.12. The number of phenolic OH excluding ortho intramolecular Hbond substituents is 1. The Labute approximate surface area is 70.6 Å². The molecule has 1 aromatic rings. The van der Waals surface area contributed by atoms with Crippen LogP contribution in [0.3, 0.4) is 0 Å². The Morgan fingerprint density at radius 3 is 2.73 bits per heavy atom. The molecule has 0 aliphatic rings. The van der Waals surface area contributed by atoms with E-state index in [-0.39, 0.29) is 0 Å². The van der Waals surface area contributed by atoms with Crippen LogP contribution >= 0.6 is 11.8 Å². The summed E-state index contributed by atoms with van der Waals surface area (Å²) in [5, 5.41) is 12.2. The normalized spacial score (nSPS) is 9.64. The number of thioether (sulfide) groups is 1. The molecule has 1 aromatic carbocycles. The van der Waals surface area contributed by atoms with Crippen molar-refractivity contribution in [1.29, 1.82) is 0 Å². The molecule has 2 nitrogen and oxygen atoms in total. The Morgan fingerprint density at radius 1 is 1.45 bits per heavy atom. The second kappa shape index (κ2) is 3.53. The third kappa shape index (κ3) is 1.80. The van der Waals surface area contributed by atoms with Gasteiger partial charge in [-0.05, 0) is 24.5 Å². The average Bonchev–Trinajstić information content (AvgIpc) is 2.04. The smallest absolute Gasteiger partial charge is 0.116 e. The fraction of sp³-hybridized carbons (Fsp3) is 0.250. The van der Waals surface area contributed by atoms with Crippen LogP contribution < -0.4 is 5.32 Å². The number of rotatable bonds is 2. The molecular weight excluding hydrogens is 158 g/mol. The van der Waals surface area contributed by atoms with Crippen LogP contribution in [0.1, 0.15) is 0 Å². The highest BCUT2D eigenvalue weighted by Gasteiger charge is 1.98. The molecule has 2 N–H and O–H groups in total. The number of phenols is 1. The van der Waals surface area contributed by atoms with Crippen LogP contribution in [0.15, 0.2) is 23.1 Å². The van der Waals surface area contributed by atoms with Crippen molar-refractivity contribution in [3.05, 3.63) is 18.2 Å². The quantitative estimate of drug-likeness (QED) is 0.525. The lowest BCUT2D eigenvalue weighted by Crippen LogP contribution is -1.89. The van der Waals surface area contributed by atoms with Gasteiger partial charge in [-0.1, -0.05) is 0 Å². The summed E-state index contributed by atoms with van der Waals surface area (Å²) in [6, 6.07) is 5.28. The van der Waals surface area contributed by atoms with Crippen molar-refractivity contribution in [3.8, 4) is 5.75 Å². The number of benzene rings is 1. The summed E-state index contributed by atoms with van der Waals surface area (Å²) in [6.45, 7) is 0. The van der Waals surface area contributed by atoms with Crippen LogP contribution in [0.2, 0.25) is 0 Å². The van der Waals surface area contributed by atoms with E-state index in [4.69, 9.17) is 5.11 Å². The minimum Gasteiger partial charge on any atom is -0.508 e. The molecule has 0 aliphatic heterocycles. The monoisotopic (exact) mass is 169 g/mol. The lowest BCUT2D eigenvalue weighted by molar-refractivity contribution is 0.474. The largest absolute Gasteiger partial charge is 0.508 e. The highest BCUT2D eigenvalue weighted by Crippen LogP contribution is 2.28. The molecular formula is C8H11NOS. The highest BCUT2D eigenvalue weighted by atomic mass is 32.2. The minimum atomic E-state index is 0.313. The maximum Gasteiger partial charge on any atom is 0.116 e. The lowest BCUT2D eigenvalue weighted by Gasteiger charge is -2.05. The Hall–Kier alpha value is -0.830. The molecule has 0 unspecified atom stereocenters. The van der Waals surface area contributed by atoms with Crippen molar-refractivity contribution in [3.63, 3.8) is 0 Å². The Kier molecular flexibility index (Phi) is 2.65. The van der Waals surface area contributed by atoms with E-state index < -0.39 is 0 Å². The molecule has 0 radical (unpaired) electrons. The Balaban J connectivity index is 3.06. The summed E-state index contributed by atoms with van der Waals surface area (Å²) < 4.78 is 0. The van der Waals surface area contributed by atoms with Gasteiger partial charge < -0.3 is 10.4 Å². The van der Waals surface area contributed by atoms with Crippen LogP contribution in [-0.4, -0.2) is 18.4 Å². The summed E-state index contributed by atoms with van der Waals surface area (Å²) in [7, 11) is 1.87. The van der Waals surface area contributed by atoms with Crippen molar-refractivity contribution >= 4 is 17.4 Å². The van der Waals surface area contributed by atoms with E-state index in [0.29, 0.717) is 5.75 Å². The molecule has 0 saturated heterocycles. The van der Waals surface area contributed by atoms with E-state index in [2.05, 4.69) is 5.32 Å². The van der Waals surface area contributed by atoms with Gasteiger partial charge in [-0.2, -0.15) is 0 Å². The molecule has 60 valence electrons. The predicted molar refractivity (Wildman–Crippen MR) is 49.4 cm³/mol. The number of hydrogen-bond donors (Lipinski definition) is 2. The fourth-order valence-corrected chi connectivity index (χ4v) is 1.52. The summed E-state index contributed by atoms with van der Waals surface area (Å²) in [5.74, 6) is 0.313. The molecule has 0 aromatic heterocycles. The van der Waals surface area contributed by atoms with Crippen molar-refractivity contribution < 1.29 is 5.11 Å². The van der Waals surface area contributed by atoms with E-state index >= 15 is 0 Å². The minimum absolute atomic E-state index is 0.313. The first-order valence-corrected chi connectivity index (χ1v) is 4.55. The van der Waals surface area contributed by atoms with Crippen molar-refractivity contribution in [1.82, 2.24) is 0 Å². The molecule has 0 bridgehead atoms. The van der Waals surface area contributed by atoms with Crippen LogP contribution in [0.4, 0.5) is 5.69 Å². The SMILES string of the molecule is CNc1ccc(O)cc1SC. The van der Waals surface area contributed by atoms with E-state index in [1.165, 1.54) is 0 Å². The summed E-state index contributed by atoms with van der Waals surface area (Å²) in [6.07, 6.45) is 1.98. The Bertz CT molecular complexity index is 250. The molecule has 3 heteroatoms. The van der Waals surface area contributed by atoms with Gasteiger partial charge in [0.05, 0.1) is 0 Å². The highest BCUT2D eigenvalue weighted by molar-refractivity contribution is 7.98. The zero-order valence-corrected chi connectivity index (χ0v) is 7.40. The molecule has 0 amide bonds. The standard InChI is InChI=1S/C8H11NOS/c1-9-7-4-3-6(10)5-8(7)11-2/h3-5,9-10H,1-2H3. The molecule has 0 atom stereocenters. The van der Waals surface area contributed by atoms with Gasteiger partial charge in [0.1, 0.15) is 5.75 Å². The third-order valence-corrected chi connectivity index (χ3v) is 2.23. The summed E-state index contributed by atoms with van der Waals surface area (Å²) in [5.41, 5.74) is 1.05. The average molecular weight is 169 g/mol. The molecule has 0 heterocycles. The zero-order chi connectivity index (χ0) is 8.27. The summed E-state index contributed by atoms with van der Waals surface area (Å²) in [4.78, 5) is 1.06. The van der Waals surface area contributed by atoms with E-state index in [1.54, 1.807) is 23.9 Å². The number of anilines is 1. The molecule has 0 aliphatic carbocycles. The first kappa shape index (κ1) is 8.27. The topological polar surface area (TPSA) is 32.3 Å². The Morgan fingerprint density at radius 2 is 2.18 bits per heavy atom. The van der Waals surface area contributed by atoms with E-state index in [9.17, 15) is 0 Å². The van der Waals surface area contributed by atoms with Gasteiger partial charge in [-0.3, -0.25) is 0 Å². The van der Waals surface area contributed by atoms with Gasteiger partial charge in [0.25, 0.3) is 0 Å².